The van der Waals surface area contributed by atoms with E-state index in [1.54, 1.807) is 12.1 Å². The maximum absolute atomic E-state index is 10.2. The number of hydrogen-bond donors (Lipinski definition) is 2. The summed E-state index contributed by atoms with van der Waals surface area (Å²) < 4.78 is 11.4. The van der Waals surface area contributed by atoms with Gasteiger partial charge in [0.15, 0.2) is 0 Å². The zero-order valence-corrected chi connectivity index (χ0v) is 17.8. The first-order chi connectivity index (χ1) is 14.4. The minimum atomic E-state index is -0.717. The molecule has 0 aliphatic heterocycles. The van der Waals surface area contributed by atoms with E-state index >= 15 is 0 Å². The van der Waals surface area contributed by atoms with Crippen LogP contribution in [-0.4, -0.2) is 29.5 Å². The van der Waals surface area contributed by atoms with Crippen LogP contribution >= 0.6 is 0 Å². The highest BCUT2D eigenvalue weighted by molar-refractivity contribution is 5.37. The molecule has 0 saturated heterocycles. The molecular formula is C26H30O4. The number of hydrogen-bond acceptors (Lipinski definition) is 4. The van der Waals surface area contributed by atoms with Crippen molar-refractivity contribution in [2.75, 3.05) is 13.2 Å². The molecule has 0 bridgehead atoms. The highest BCUT2D eigenvalue weighted by atomic mass is 16.5. The molecule has 3 aromatic rings. The molecule has 3 rings (SSSR count). The average Bonchev–Trinajstić information content (AvgIpc) is 2.77. The first-order valence-corrected chi connectivity index (χ1v) is 10.3. The summed E-state index contributed by atoms with van der Waals surface area (Å²) in [6.07, 6.45) is -0.717. The van der Waals surface area contributed by atoms with Gasteiger partial charge < -0.3 is 19.7 Å². The number of benzene rings is 3. The van der Waals surface area contributed by atoms with Crippen LogP contribution in [0.4, 0.5) is 0 Å². The molecule has 0 radical (unpaired) electrons. The van der Waals surface area contributed by atoms with Crippen LogP contribution in [0.2, 0.25) is 0 Å². The number of aliphatic hydroxyl groups is 1. The summed E-state index contributed by atoms with van der Waals surface area (Å²) in [6.45, 7) is 6.76. The third kappa shape index (κ3) is 6.01. The monoisotopic (exact) mass is 406 g/mol. The van der Waals surface area contributed by atoms with E-state index in [4.69, 9.17) is 9.47 Å². The molecule has 30 heavy (non-hydrogen) atoms. The van der Waals surface area contributed by atoms with Gasteiger partial charge in [0, 0.05) is 5.92 Å². The quantitative estimate of drug-likeness (QED) is 0.494. The van der Waals surface area contributed by atoms with Gasteiger partial charge in [0.2, 0.25) is 0 Å². The van der Waals surface area contributed by atoms with Gasteiger partial charge in [0.05, 0.1) is 0 Å². The molecule has 0 amide bonds. The second-order valence-electron chi connectivity index (χ2n) is 7.88. The number of ether oxygens (including phenoxy) is 2. The largest absolute Gasteiger partial charge is 0.508 e. The van der Waals surface area contributed by atoms with Crippen LogP contribution in [0.5, 0.6) is 17.2 Å². The third-order valence-electron chi connectivity index (χ3n) is 5.20. The predicted octanol–water partition coefficient (Wildman–Crippen LogP) is 5.49. The molecule has 4 heteroatoms. The van der Waals surface area contributed by atoms with Gasteiger partial charge in [-0.3, -0.25) is 0 Å². The molecule has 2 atom stereocenters. The number of phenolic OH excluding ortho intramolecular Hbond substituents is 1. The Labute approximate surface area is 178 Å². The van der Waals surface area contributed by atoms with Crippen LogP contribution in [-0.2, 0) is 0 Å². The molecule has 3 aromatic carbocycles. The zero-order chi connectivity index (χ0) is 21.5. The first-order valence-electron chi connectivity index (χ1n) is 10.3. The summed E-state index contributed by atoms with van der Waals surface area (Å²) in [7, 11) is 0. The van der Waals surface area contributed by atoms with Crippen LogP contribution in [0.1, 0.15) is 49.3 Å². The van der Waals surface area contributed by atoms with Crippen LogP contribution < -0.4 is 9.47 Å². The normalized spacial score (nSPS) is 13.1. The van der Waals surface area contributed by atoms with Crippen molar-refractivity contribution in [3.63, 3.8) is 0 Å². The minimum Gasteiger partial charge on any atom is -0.508 e. The molecule has 0 heterocycles. The van der Waals surface area contributed by atoms with Crippen LogP contribution in [0.25, 0.3) is 0 Å². The highest BCUT2D eigenvalue weighted by Crippen LogP contribution is 2.27. The minimum absolute atomic E-state index is 0.164. The molecule has 0 spiro atoms. The summed E-state index contributed by atoms with van der Waals surface area (Å²) in [6, 6.07) is 23.1. The lowest BCUT2D eigenvalue weighted by Gasteiger charge is -2.16. The summed E-state index contributed by atoms with van der Waals surface area (Å²) in [4.78, 5) is 0. The SMILES string of the molecule is CC(C)c1ccc(OCC(O)COc2ccc(C(C)c3ccc(O)cc3)cc2)cc1. The van der Waals surface area contributed by atoms with E-state index in [0.717, 1.165) is 16.9 Å². The van der Waals surface area contributed by atoms with Crippen molar-refractivity contribution in [3.05, 3.63) is 89.5 Å². The molecule has 2 N–H and O–H groups in total. The molecular weight excluding hydrogens is 376 g/mol. The zero-order valence-electron chi connectivity index (χ0n) is 17.8. The Morgan fingerprint density at radius 3 is 1.47 bits per heavy atom. The van der Waals surface area contributed by atoms with Crippen molar-refractivity contribution in [3.8, 4) is 17.2 Å². The first kappa shape index (κ1) is 21.7. The Bertz CT molecular complexity index is 899. The van der Waals surface area contributed by atoms with Gasteiger partial charge in [-0.1, -0.05) is 57.2 Å². The van der Waals surface area contributed by atoms with Gasteiger partial charge in [0.25, 0.3) is 0 Å². The molecule has 0 aliphatic rings. The number of rotatable bonds is 9. The maximum Gasteiger partial charge on any atom is 0.122 e. The van der Waals surface area contributed by atoms with Crippen molar-refractivity contribution >= 4 is 0 Å². The lowest BCUT2D eigenvalue weighted by Crippen LogP contribution is -2.25. The smallest absolute Gasteiger partial charge is 0.122 e. The summed E-state index contributed by atoms with van der Waals surface area (Å²) in [5.74, 6) is 2.40. The fraction of sp³-hybridized carbons (Fsp3) is 0.308. The maximum atomic E-state index is 10.2. The topological polar surface area (TPSA) is 58.9 Å². The van der Waals surface area contributed by atoms with Crippen molar-refractivity contribution < 1.29 is 19.7 Å². The molecule has 0 fully saturated rings. The van der Waals surface area contributed by atoms with E-state index in [1.165, 1.54) is 5.56 Å². The standard InChI is InChI=1S/C26H30O4/c1-18(2)20-6-12-25(13-7-20)29-16-24(28)17-30-26-14-8-22(9-15-26)19(3)21-4-10-23(27)11-5-21/h4-15,18-19,24,27-28H,16-17H2,1-3H3. The van der Waals surface area contributed by atoms with Gasteiger partial charge >= 0.3 is 0 Å². The van der Waals surface area contributed by atoms with Crippen LogP contribution in [0, 0.1) is 0 Å². The summed E-state index contributed by atoms with van der Waals surface area (Å²) >= 11 is 0. The molecule has 0 aromatic heterocycles. The van der Waals surface area contributed by atoms with Crippen molar-refractivity contribution in [1.29, 1.82) is 0 Å². The van der Waals surface area contributed by atoms with E-state index in [1.807, 2.05) is 60.7 Å². The van der Waals surface area contributed by atoms with E-state index in [0.29, 0.717) is 11.7 Å². The Morgan fingerprint density at radius 2 is 1.03 bits per heavy atom. The van der Waals surface area contributed by atoms with Gasteiger partial charge in [0.1, 0.15) is 36.6 Å². The predicted molar refractivity (Wildman–Crippen MR) is 120 cm³/mol. The molecule has 0 saturated carbocycles. The van der Waals surface area contributed by atoms with Crippen molar-refractivity contribution in [2.24, 2.45) is 0 Å². The van der Waals surface area contributed by atoms with E-state index in [9.17, 15) is 10.2 Å². The van der Waals surface area contributed by atoms with Gasteiger partial charge in [-0.25, -0.2) is 0 Å². The number of aliphatic hydroxyl groups excluding tert-OH is 1. The number of phenols is 1. The van der Waals surface area contributed by atoms with Gasteiger partial charge in [-0.05, 0) is 59.0 Å². The third-order valence-corrected chi connectivity index (χ3v) is 5.20. The van der Waals surface area contributed by atoms with Crippen molar-refractivity contribution in [2.45, 2.75) is 38.7 Å². The van der Waals surface area contributed by atoms with E-state index in [2.05, 4.69) is 20.8 Å². The Hall–Kier alpha value is -2.98. The highest BCUT2D eigenvalue weighted by Gasteiger charge is 2.10. The van der Waals surface area contributed by atoms with Crippen LogP contribution in [0.15, 0.2) is 72.8 Å². The number of aromatic hydroxyl groups is 1. The summed E-state index contributed by atoms with van der Waals surface area (Å²) in [5, 5.41) is 19.6. The van der Waals surface area contributed by atoms with Crippen molar-refractivity contribution in [1.82, 2.24) is 0 Å². The Balaban J connectivity index is 1.46. The molecule has 4 nitrogen and oxygen atoms in total. The van der Waals surface area contributed by atoms with E-state index < -0.39 is 6.10 Å². The Kier molecular flexibility index (Phi) is 7.36. The average molecular weight is 407 g/mol. The lowest BCUT2D eigenvalue weighted by atomic mass is 9.93. The van der Waals surface area contributed by atoms with Gasteiger partial charge in [-0.2, -0.15) is 0 Å². The molecule has 158 valence electrons. The second-order valence-corrected chi connectivity index (χ2v) is 7.88. The van der Waals surface area contributed by atoms with Crippen LogP contribution in [0.3, 0.4) is 0 Å². The van der Waals surface area contributed by atoms with Gasteiger partial charge in [-0.15, -0.1) is 0 Å². The van der Waals surface area contributed by atoms with E-state index in [-0.39, 0.29) is 24.9 Å². The Morgan fingerprint density at radius 1 is 0.633 bits per heavy atom. The molecule has 0 aliphatic carbocycles. The fourth-order valence-electron chi connectivity index (χ4n) is 3.19. The fourth-order valence-corrected chi connectivity index (χ4v) is 3.19. The second kappa shape index (κ2) is 10.2. The molecule has 2 unspecified atom stereocenters. The summed E-state index contributed by atoms with van der Waals surface area (Å²) in [5.41, 5.74) is 3.55. The lowest BCUT2D eigenvalue weighted by molar-refractivity contribution is 0.0626.